The lowest BCUT2D eigenvalue weighted by Crippen LogP contribution is -1.97. The molecule has 7 heteroatoms. The van der Waals surface area contributed by atoms with Crippen LogP contribution in [-0.4, -0.2) is 23.5 Å². The van der Waals surface area contributed by atoms with E-state index < -0.39 is 7.60 Å². The number of hydrogen-bond donors (Lipinski definition) is 1. The van der Waals surface area contributed by atoms with Gasteiger partial charge in [0.25, 0.3) is 0 Å². The molecule has 0 aliphatic rings. The Labute approximate surface area is 92.2 Å². The topological polar surface area (TPSA) is 46.5 Å². The van der Waals surface area contributed by atoms with Crippen molar-refractivity contribution >= 4 is 42.4 Å². The fraction of sp³-hybridized carbons (Fsp3) is 0.667. The Bertz CT molecular complexity index is 215. The minimum atomic E-state index is -3.51. The Morgan fingerprint density at radius 2 is 2.15 bits per heavy atom. The van der Waals surface area contributed by atoms with E-state index in [1.807, 2.05) is 0 Å². The molecule has 0 aliphatic heterocycles. The van der Waals surface area contributed by atoms with Crippen molar-refractivity contribution in [3.63, 3.8) is 0 Å². The monoisotopic (exact) mass is 266 g/mol. The van der Waals surface area contributed by atoms with E-state index in [4.69, 9.17) is 39.7 Å². The molecule has 78 valence electrons. The highest BCUT2D eigenvalue weighted by atomic mass is 35.5. The third-order valence-corrected chi connectivity index (χ3v) is 2.95. The molecule has 0 amide bonds. The van der Waals surface area contributed by atoms with E-state index in [1.165, 1.54) is 6.08 Å². The molecule has 0 aromatic carbocycles. The van der Waals surface area contributed by atoms with Crippen LogP contribution in [0.2, 0.25) is 0 Å². The number of allylic oxidation sites excluding steroid dienone is 1. The Morgan fingerprint density at radius 3 is 2.62 bits per heavy atom. The largest absolute Gasteiger partial charge is 0.328 e. The zero-order valence-electron chi connectivity index (χ0n) is 6.75. The second-order valence-corrected chi connectivity index (χ2v) is 5.53. The molecule has 1 N–H and O–H groups in total. The van der Waals surface area contributed by atoms with Crippen molar-refractivity contribution in [1.29, 1.82) is 0 Å². The average Bonchev–Trinajstić information content (AvgIpc) is 2.00. The van der Waals surface area contributed by atoms with E-state index in [0.29, 0.717) is 6.42 Å². The highest BCUT2D eigenvalue weighted by Gasteiger charge is 2.17. The van der Waals surface area contributed by atoms with Gasteiger partial charge in [-0.1, -0.05) is 29.3 Å². The summed E-state index contributed by atoms with van der Waals surface area (Å²) in [7, 11) is -3.51. The molecule has 0 saturated heterocycles. The van der Waals surface area contributed by atoms with Gasteiger partial charge in [0.05, 0.1) is 12.8 Å². The molecule has 0 aromatic rings. The van der Waals surface area contributed by atoms with Crippen molar-refractivity contribution in [2.75, 3.05) is 18.6 Å². The zero-order valence-corrected chi connectivity index (χ0v) is 9.91. The van der Waals surface area contributed by atoms with Gasteiger partial charge in [-0.3, -0.25) is 4.57 Å². The molecule has 1 unspecified atom stereocenters. The van der Waals surface area contributed by atoms with Crippen molar-refractivity contribution in [3.8, 4) is 0 Å². The Hall–Kier alpha value is 0.760. The average molecular weight is 267 g/mol. The second kappa shape index (κ2) is 7.10. The lowest BCUT2D eigenvalue weighted by molar-refractivity contribution is 0.275. The molecule has 0 rings (SSSR count). The Morgan fingerprint density at radius 1 is 1.54 bits per heavy atom. The van der Waals surface area contributed by atoms with Crippen LogP contribution in [0.3, 0.4) is 0 Å². The van der Waals surface area contributed by atoms with Gasteiger partial charge in [0.1, 0.15) is 4.49 Å². The van der Waals surface area contributed by atoms with Gasteiger partial charge in [-0.25, -0.2) is 0 Å². The summed E-state index contributed by atoms with van der Waals surface area (Å²) in [5.74, 6) is 0.191. The smallest absolute Gasteiger partial charge is 0.324 e. The maximum atomic E-state index is 11.1. The van der Waals surface area contributed by atoms with Crippen LogP contribution < -0.4 is 0 Å². The van der Waals surface area contributed by atoms with Gasteiger partial charge >= 0.3 is 7.60 Å². The van der Waals surface area contributed by atoms with E-state index in [0.717, 1.165) is 0 Å². The standard InChI is InChI=1S/C6H10Cl3O3P/c7-3-4-12-13(10,11)5-1-2-6(8)9/h2H,1,3-5H2,(H,10,11). The van der Waals surface area contributed by atoms with Crippen LogP contribution in [0.4, 0.5) is 0 Å². The third-order valence-electron chi connectivity index (χ3n) is 1.08. The van der Waals surface area contributed by atoms with Crippen molar-refractivity contribution in [2.45, 2.75) is 6.42 Å². The van der Waals surface area contributed by atoms with Crippen molar-refractivity contribution in [3.05, 3.63) is 10.6 Å². The maximum Gasteiger partial charge on any atom is 0.328 e. The minimum Gasteiger partial charge on any atom is -0.324 e. The summed E-state index contributed by atoms with van der Waals surface area (Å²) in [6.45, 7) is 0.0631. The van der Waals surface area contributed by atoms with Gasteiger partial charge in [0.15, 0.2) is 0 Å². The molecule has 1 atom stereocenters. The van der Waals surface area contributed by atoms with Crippen LogP contribution in [-0.2, 0) is 9.09 Å². The predicted molar refractivity (Wildman–Crippen MR) is 55.8 cm³/mol. The summed E-state index contributed by atoms with van der Waals surface area (Å²) in [4.78, 5) is 9.12. The molecule has 0 aliphatic carbocycles. The summed E-state index contributed by atoms with van der Waals surface area (Å²) in [5.41, 5.74) is 0. The normalized spacial score (nSPS) is 15.1. The molecule has 0 spiro atoms. The van der Waals surface area contributed by atoms with E-state index in [2.05, 4.69) is 4.52 Å². The van der Waals surface area contributed by atoms with Gasteiger partial charge in [-0.15, -0.1) is 11.6 Å². The summed E-state index contributed by atoms with van der Waals surface area (Å²) in [6.07, 6.45) is 1.74. The number of hydrogen-bond acceptors (Lipinski definition) is 2. The summed E-state index contributed by atoms with van der Waals surface area (Å²) >= 11 is 15.9. The van der Waals surface area contributed by atoms with Crippen LogP contribution in [0.1, 0.15) is 6.42 Å². The van der Waals surface area contributed by atoms with E-state index in [-0.39, 0.29) is 23.1 Å². The molecule has 3 nitrogen and oxygen atoms in total. The Kier molecular flexibility index (Phi) is 7.52. The second-order valence-electron chi connectivity index (χ2n) is 2.17. The van der Waals surface area contributed by atoms with Crippen LogP contribution >= 0.6 is 42.4 Å². The van der Waals surface area contributed by atoms with Crippen LogP contribution in [0.25, 0.3) is 0 Å². The summed E-state index contributed by atoms with van der Waals surface area (Å²) in [6, 6.07) is 0. The minimum absolute atomic E-state index is 0.00711. The highest BCUT2D eigenvalue weighted by Crippen LogP contribution is 2.42. The number of halogens is 3. The molecule has 13 heavy (non-hydrogen) atoms. The molecule has 0 heterocycles. The first-order valence-electron chi connectivity index (χ1n) is 3.51. The maximum absolute atomic E-state index is 11.1. The van der Waals surface area contributed by atoms with Gasteiger partial charge in [0, 0.05) is 5.88 Å². The number of alkyl halides is 1. The first-order valence-corrected chi connectivity index (χ1v) is 6.57. The highest BCUT2D eigenvalue weighted by molar-refractivity contribution is 7.52. The molecule has 0 saturated carbocycles. The van der Waals surface area contributed by atoms with Crippen LogP contribution in [0.15, 0.2) is 10.6 Å². The molecular weight excluding hydrogens is 257 g/mol. The Balaban J connectivity index is 3.76. The quantitative estimate of drug-likeness (QED) is 0.594. The lowest BCUT2D eigenvalue weighted by atomic mass is 10.5. The third kappa shape index (κ3) is 9.07. The molecule has 0 radical (unpaired) electrons. The van der Waals surface area contributed by atoms with Crippen molar-refractivity contribution in [1.82, 2.24) is 0 Å². The summed E-state index contributed by atoms with van der Waals surface area (Å²) in [5, 5.41) is 0. The van der Waals surface area contributed by atoms with Gasteiger partial charge < -0.3 is 9.42 Å². The lowest BCUT2D eigenvalue weighted by Gasteiger charge is -2.09. The molecule has 0 aromatic heterocycles. The van der Waals surface area contributed by atoms with Gasteiger partial charge in [0.2, 0.25) is 0 Å². The van der Waals surface area contributed by atoms with Crippen LogP contribution in [0, 0.1) is 0 Å². The van der Waals surface area contributed by atoms with E-state index >= 15 is 0 Å². The van der Waals surface area contributed by atoms with E-state index in [1.54, 1.807) is 0 Å². The van der Waals surface area contributed by atoms with Crippen LogP contribution in [0.5, 0.6) is 0 Å². The van der Waals surface area contributed by atoms with Gasteiger partial charge in [-0.2, -0.15) is 0 Å². The molecule has 0 bridgehead atoms. The van der Waals surface area contributed by atoms with Crippen molar-refractivity contribution < 1.29 is 14.0 Å². The van der Waals surface area contributed by atoms with E-state index in [9.17, 15) is 4.57 Å². The summed E-state index contributed by atoms with van der Waals surface area (Å²) < 4.78 is 15.8. The predicted octanol–water partition coefficient (Wildman–Crippen LogP) is 3.14. The number of rotatable bonds is 6. The first kappa shape index (κ1) is 13.8. The molecular formula is C6H10Cl3O3P. The first-order chi connectivity index (χ1) is 5.98. The fourth-order valence-corrected chi connectivity index (χ4v) is 1.94. The molecule has 0 fully saturated rings. The SMILES string of the molecule is O=P(O)(CCC=C(Cl)Cl)OCCCl. The zero-order chi connectivity index (χ0) is 10.3. The fourth-order valence-electron chi connectivity index (χ4n) is 0.578. The van der Waals surface area contributed by atoms with Crippen molar-refractivity contribution in [2.24, 2.45) is 0 Å². The van der Waals surface area contributed by atoms with Gasteiger partial charge in [-0.05, 0) is 6.42 Å².